The smallest absolute Gasteiger partial charge is 0.258 e. The molecular weight excluding hydrogens is 358 g/mol. The number of hydrogen-bond acceptors (Lipinski definition) is 6. The number of para-hydroxylation sites is 1. The van der Waals surface area contributed by atoms with Crippen molar-refractivity contribution < 1.29 is 14.3 Å². The van der Waals surface area contributed by atoms with Gasteiger partial charge < -0.3 is 19.2 Å². The maximum Gasteiger partial charge on any atom is 0.258 e. The lowest BCUT2D eigenvalue weighted by Gasteiger charge is -2.24. The summed E-state index contributed by atoms with van der Waals surface area (Å²) in [5.74, 6) is 1.33. The molecule has 3 rings (SSSR count). The molecule has 28 heavy (non-hydrogen) atoms. The molecule has 7 heteroatoms. The van der Waals surface area contributed by atoms with Crippen LogP contribution >= 0.6 is 0 Å². The summed E-state index contributed by atoms with van der Waals surface area (Å²) in [7, 11) is 0. The summed E-state index contributed by atoms with van der Waals surface area (Å²) in [4.78, 5) is 21.8. The molecule has 0 unspecified atom stereocenters. The zero-order chi connectivity index (χ0) is 19.8. The van der Waals surface area contributed by atoms with E-state index in [1.54, 1.807) is 18.4 Å². The van der Waals surface area contributed by atoms with E-state index in [1.807, 2.05) is 24.3 Å². The Bertz CT molecular complexity index is 907. The molecule has 1 aromatic carbocycles. The van der Waals surface area contributed by atoms with Gasteiger partial charge in [0.05, 0.1) is 36.4 Å². The van der Waals surface area contributed by atoms with E-state index in [0.29, 0.717) is 36.4 Å². The zero-order valence-electron chi connectivity index (χ0n) is 16.1. The molecule has 0 saturated heterocycles. The lowest BCUT2D eigenvalue weighted by Crippen LogP contribution is -2.36. The number of nitrogens with zero attached hydrogens (tertiary/aromatic N) is 2. The van der Waals surface area contributed by atoms with Crippen molar-refractivity contribution in [1.29, 1.82) is 0 Å². The third-order valence-corrected chi connectivity index (χ3v) is 4.47. The van der Waals surface area contributed by atoms with Gasteiger partial charge in [-0.2, -0.15) is 0 Å². The highest BCUT2D eigenvalue weighted by Gasteiger charge is 2.14. The number of benzene rings is 1. The molecule has 0 aliphatic carbocycles. The molecule has 2 N–H and O–H groups in total. The predicted octanol–water partition coefficient (Wildman–Crippen LogP) is 2.70. The average Bonchev–Trinajstić information content (AvgIpc) is 3.19. The van der Waals surface area contributed by atoms with Crippen LogP contribution in [0.2, 0.25) is 0 Å². The van der Waals surface area contributed by atoms with Crippen LogP contribution in [0.5, 0.6) is 0 Å². The summed E-state index contributed by atoms with van der Waals surface area (Å²) in [6.45, 7) is 4.38. The van der Waals surface area contributed by atoms with E-state index in [-0.39, 0.29) is 12.2 Å². The molecule has 3 aromatic rings. The van der Waals surface area contributed by atoms with E-state index in [1.165, 1.54) is 0 Å². The van der Waals surface area contributed by atoms with Gasteiger partial charge in [0, 0.05) is 6.54 Å². The van der Waals surface area contributed by atoms with Gasteiger partial charge in [0.25, 0.3) is 5.56 Å². The molecule has 0 amide bonds. The summed E-state index contributed by atoms with van der Waals surface area (Å²) >= 11 is 0. The third kappa shape index (κ3) is 5.76. The second-order valence-electron chi connectivity index (χ2n) is 6.87. The first-order chi connectivity index (χ1) is 13.7. The summed E-state index contributed by atoms with van der Waals surface area (Å²) in [5, 5.41) is 10.9. The maximum absolute atomic E-state index is 12.3. The monoisotopic (exact) mass is 385 g/mol. The Morgan fingerprint density at radius 1 is 1.29 bits per heavy atom. The fraction of sp³-hybridized carbons (Fsp3) is 0.429. The maximum atomic E-state index is 12.3. The molecule has 2 heterocycles. The first-order valence-corrected chi connectivity index (χ1v) is 9.64. The molecule has 0 radical (unpaired) electrons. The van der Waals surface area contributed by atoms with E-state index in [4.69, 9.17) is 9.15 Å². The van der Waals surface area contributed by atoms with Gasteiger partial charge >= 0.3 is 0 Å². The highest BCUT2D eigenvalue weighted by atomic mass is 16.5. The van der Waals surface area contributed by atoms with Gasteiger partial charge in [-0.25, -0.2) is 4.98 Å². The van der Waals surface area contributed by atoms with Crippen molar-refractivity contribution in [3.8, 4) is 0 Å². The normalized spacial score (nSPS) is 12.7. The van der Waals surface area contributed by atoms with Gasteiger partial charge in [-0.1, -0.05) is 25.5 Å². The Balaban J connectivity index is 1.60. The minimum Gasteiger partial charge on any atom is -0.467 e. The lowest BCUT2D eigenvalue weighted by atomic mass is 10.2. The van der Waals surface area contributed by atoms with E-state index in [9.17, 15) is 9.90 Å². The van der Waals surface area contributed by atoms with Crippen molar-refractivity contribution >= 4 is 10.9 Å². The van der Waals surface area contributed by atoms with Crippen LogP contribution in [0.25, 0.3) is 10.9 Å². The van der Waals surface area contributed by atoms with Crippen LogP contribution in [-0.2, 0) is 17.9 Å². The number of aromatic amines is 1. The topological polar surface area (TPSA) is 91.6 Å². The standard InChI is InChI=1S/C21H27N3O4/c1-2-3-10-24(12-16(25)14-27-15-17-7-6-11-28-17)13-20-22-19-9-5-4-8-18(19)21(26)23-20/h4-9,11,16,25H,2-3,10,12-15H2,1H3,(H,22,23,26)/t16-/m0/s1. The molecule has 0 saturated carbocycles. The molecule has 7 nitrogen and oxygen atoms in total. The average molecular weight is 385 g/mol. The van der Waals surface area contributed by atoms with E-state index >= 15 is 0 Å². The molecule has 0 aliphatic heterocycles. The number of ether oxygens (including phenoxy) is 1. The summed E-state index contributed by atoms with van der Waals surface area (Å²) < 4.78 is 10.7. The molecule has 2 aromatic heterocycles. The van der Waals surface area contributed by atoms with Crippen LogP contribution in [0, 0.1) is 0 Å². The van der Waals surface area contributed by atoms with Crippen LogP contribution in [-0.4, -0.2) is 45.8 Å². The molecule has 0 bridgehead atoms. The number of aliphatic hydroxyl groups excluding tert-OH is 1. The van der Waals surface area contributed by atoms with E-state index in [2.05, 4.69) is 21.8 Å². The third-order valence-electron chi connectivity index (χ3n) is 4.47. The molecule has 0 aliphatic rings. The molecular formula is C21H27N3O4. The van der Waals surface area contributed by atoms with Crippen LogP contribution < -0.4 is 5.56 Å². The minimum atomic E-state index is -0.640. The number of H-pyrrole nitrogens is 1. The lowest BCUT2D eigenvalue weighted by molar-refractivity contribution is 0.00333. The Morgan fingerprint density at radius 2 is 2.14 bits per heavy atom. The first-order valence-electron chi connectivity index (χ1n) is 9.64. The minimum absolute atomic E-state index is 0.140. The van der Waals surface area contributed by atoms with Crippen LogP contribution in [0.15, 0.2) is 51.9 Å². The van der Waals surface area contributed by atoms with Gasteiger partial charge in [-0.15, -0.1) is 0 Å². The second kappa shape index (κ2) is 10.2. The van der Waals surface area contributed by atoms with Gasteiger partial charge in [0.1, 0.15) is 18.2 Å². The quantitative estimate of drug-likeness (QED) is 0.527. The summed E-state index contributed by atoms with van der Waals surface area (Å²) in [5.41, 5.74) is 0.539. The highest BCUT2D eigenvalue weighted by Crippen LogP contribution is 2.09. The van der Waals surface area contributed by atoms with Crippen LogP contribution in [0.3, 0.4) is 0 Å². The van der Waals surface area contributed by atoms with Crippen LogP contribution in [0.4, 0.5) is 0 Å². The number of furan rings is 1. The first kappa shape index (κ1) is 20.3. The number of aliphatic hydroxyl groups is 1. The number of nitrogens with one attached hydrogen (secondary N) is 1. The molecule has 150 valence electrons. The van der Waals surface area contributed by atoms with Crippen molar-refractivity contribution in [3.05, 3.63) is 64.6 Å². The highest BCUT2D eigenvalue weighted by molar-refractivity contribution is 5.77. The molecule has 1 atom stereocenters. The van der Waals surface area contributed by atoms with Gasteiger partial charge in [0.15, 0.2) is 0 Å². The largest absolute Gasteiger partial charge is 0.467 e. The number of rotatable bonds is 11. The van der Waals surface area contributed by atoms with Gasteiger partial charge in [0.2, 0.25) is 0 Å². The van der Waals surface area contributed by atoms with Crippen molar-refractivity contribution in [1.82, 2.24) is 14.9 Å². The van der Waals surface area contributed by atoms with Crippen molar-refractivity contribution in [3.63, 3.8) is 0 Å². The number of hydrogen-bond donors (Lipinski definition) is 2. The Labute approximate surface area is 164 Å². The van der Waals surface area contributed by atoms with Crippen LogP contribution in [0.1, 0.15) is 31.4 Å². The Morgan fingerprint density at radius 3 is 2.93 bits per heavy atom. The van der Waals surface area contributed by atoms with Crippen molar-refractivity contribution in [2.24, 2.45) is 0 Å². The van der Waals surface area contributed by atoms with Crippen molar-refractivity contribution in [2.75, 3.05) is 19.7 Å². The zero-order valence-corrected chi connectivity index (χ0v) is 16.1. The summed E-state index contributed by atoms with van der Waals surface area (Å²) in [6.07, 6.45) is 3.00. The Kier molecular flexibility index (Phi) is 7.36. The fourth-order valence-electron chi connectivity index (χ4n) is 3.08. The predicted molar refractivity (Wildman–Crippen MR) is 107 cm³/mol. The van der Waals surface area contributed by atoms with Gasteiger partial charge in [-0.05, 0) is 37.2 Å². The molecule has 0 fully saturated rings. The summed E-state index contributed by atoms with van der Waals surface area (Å²) in [6, 6.07) is 10.9. The molecule has 0 spiro atoms. The van der Waals surface area contributed by atoms with E-state index in [0.717, 1.165) is 25.1 Å². The second-order valence-corrected chi connectivity index (χ2v) is 6.87. The number of unbranched alkanes of at least 4 members (excludes halogenated alkanes) is 1. The van der Waals surface area contributed by atoms with Crippen molar-refractivity contribution in [2.45, 2.75) is 39.0 Å². The van der Waals surface area contributed by atoms with E-state index < -0.39 is 6.10 Å². The fourth-order valence-corrected chi connectivity index (χ4v) is 3.08. The Hall–Kier alpha value is -2.48. The van der Waals surface area contributed by atoms with Gasteiger partial charge in [-0.3, -0.25) is 9.69 Å². The SMILES string of the molecule is CCCCN(Cc1nc2ccccc2c(=O)[nH]1)C[C@H](O)COCc1ccco1. The number of fused-ring (bicyclic) bond motifs is 1. The number of aromatic nitrogens is 2.